The van der Waals surface area contributed by atoms with Gasteiger partial charge in [0.1, 0.15) is 10.6 Å². The van der Waals surface area contributed by atoms with Gasteiger partial charge >= 0.3 is 0 Å². The van der Waals surface area contributed by atoms with Gasteiger partial charge in [-0.2, -0.15) is 4.31 Å². The number of anilines is 1. The number of rotatable bonds is 6. The summed E-state index contributed by atoms with van der Waals surface area (Å²) in [5, 5.41) is 3.01. The van der Waals surface area contributed by atoms with Crippen molar-refractivity contribution in [2.24, 2.45) is 0 Å². The van der Waals surface area contributed by atoms with Crippen LogP contribution in [0, 0.1) is 0 Å². The van der Waals surface area contributed by atoms with Gasteiger partial charge in [0.05, 0.1) is 30.4 Å². The Morgan fingerprint density at radius 2 is 1.93 bits per heavy atom. The van der Waals surface area contributed by atoms with E-state index in [9.17, 15) is 13.2 Å². The van der Waals surface area contributed by atoms with E-state index >= 15 is 0 Å². The Kier molecular flexibility index (Phi) is 6.56. The molecule has 1 fully saturated rings. The molecule has 0 radical (unpaired) electrons. The minimum atomic E-state index is -3.80. The zero-order valence-electron chi connectivity index (χ0n) is 15.4. The van der Waals surface area contributed by atoms with E-state index in [1.54, 1.807) is 43.3 Å². The van der Waals surface area contributed by atoms with Gasteiger partial charge in [0, 0.05) is 18.8 Å². The molecule has 150 valence electrons. The van der Waals surface area contributed by atoms with Gasteiger partial charge in [-0.3, -0.25) is 4.79 Å². The molecule has 1 saturated heterocycles. The van der Waals surface area contributed by atoms with Gasteiger partial charge in [0.25, 0.3) is 5.91 Å². The van der Waals surface area contributed by atoms with E-state index in [0.29, 0.717) is 36.1 Å². The van der Waals surface area contributed by atoms with Crippen LogP contribution in [-0.4, -0.2) is 51.5 Å². The highest BCUT2D eigenvalue weighted by Gasteiger charge is 2.30. The minimum absolute atomic E-state index is 0.00760. The fourth-order valence-electron chi connectivity index (χ4n) is 2.83. The predicted octanol–water partition coefficient (Wildman–Crippen LogP) is 3.01. The van der Waals surface area contributed by atoms with E-state index in [1.165, 1.54) is 10.4 Å². The molecule has 1 N–H and O–H groups in total. The molecule has 1 aliphatic rings. The van der Waals surface area contributed by atoms with Crippen LogP contribution in [0.2, 0.25) is 5.02 Å². The second-order valence-corrected chi connectivity index (χ2v) is 8.36. The molecule has 1 aliphatic heterocycles. The lowest BCUT2D eigenvalue weighted by atomic mass is 10.2. The molecule has 2 aromatic carbocycles. The van der Waals surface area contributed by atoms with E-state index in [-0.39, 0.29) is 23.7 Å². The molecule has 0 saturated carbocycles. The Hall–Kier alpha value is -2.13. The quantitative estimate of drug-likeness (QED) is 0.770. The minimum Gasteiger partial charge on any atom is -0.492 e. The summed E-state index contributed by atoms with van der Waals surface area (Å²) in [6.45, 7) is 3.31. The molecule has 1 heterocycles. The average molecular weight is 425 g/mol. The van der Waals surface area contributed by atoms with E-state index < -0.39 is 15.9 Å². The molecule has 2 aromatic rings. The van der Waals surface area contributed by atoms with Gasteiger partial charge in [0.15, 0.2) is 0 Å². The van der Waals surface area contributed by atoms with Gasteiger partial charge in [-0.1, -0.05) is 23.7 Å². The van der Waals surface area contributed by atoms with Crippen LogP contribution in [-0.2, 0) is 14.8 Å². The highest BCUT2D eigenvalue weighted by molar-refractivity contribution is 7.89. The van der Waals surface area contributed by atoms with Crippen LogP contribution in [0.25, 0.3) is 0 Å². The van der Waals surface area contributed by atoms with Gasteiger partial charge in [-0.05, 0) is 37.3 Å². The van der Waals surface area contributed by atoms with Crippen LogP contribution in [0.5, 0.6) is 5.75 Å². The molecule has 0 aromatic heterocycles. The summed E-state index contributed by atoms with van der Waals surface area (Å²) in [6, 6.07) is 11.2. The third-order valence-electron chi connectivity index (χ3n) is 4.21. The van der Waals surface area contributed by atoms with Crippen molar-refractivity contribution < 1.29 is 22.7 Å². The van der Waals surface area contributed by atoms with Crippen molar-refractivity contribution in [3.8, 4) is 5.75 Å². The molecule has 9 heteroatoms. The number of carbonyl (C=O) groups excluding carboxylic acids is 1. The van der Waals surface area contributed by atoms with Crippen molar-refractivity contribution >= 4 is 33.2 Å². The zero-order valence-corrected chi connectivity index (χ0v) is 16.9. The normalized spacial score (nSPS) is 15.2. The van der Waals surface area contributed by atoms with Crippen LogP contribution in [0.3, 0.4) is 0 Å². The maximum absolute atomic E-state index is 13.1. The Bertz CT molecular complexity index is 959. The number of carbonyl (C=O) groups is 1. The number of sulfonamides is 1. The van der Waals surface area contributed by atoms with Gasteiger partial charge in [-0.15, -0.1) is 0 Å². The van der Waals surface area contributed by atoms with Crippen molar-refractivity contribution in [3.05, 3.63) is 53.1 Å². The summed E-state index contributed by atoms with van der Waals surface area (Å²) in [7, 11) is -3.80. The van der Waals surface area contributed by atoms with E-state index in [0.717, 1.165) is 0 Å². The van der Waals surface area contributed by atoms with Crippen molar-refractivity contribution in [2.75, 3.05) is 38.2 Å². The van der Waals surface area contributed by atoms with Crippen LogP contribution >= 0.6 is 11.6 Å². The van der Waals surface area contributed by atoms with Gasteiger partial charge in [0.2, 0.25) is 10.0 Å². The molecule has 0 atom stereocenters. The second kappa shape index (κ2) is 8.91. The topological polar surface area (TPSA) is 84.9 Å². The maximum atomic E-state index is 13.1. The maximum Gasteiger partial charge on any atom is 0.257 e. The monoisotopic (exact) mass is 424 g/mol. The van der Waals surface area contributed by atoms with Crippen LogP contribution in [0.4, 0.5) is 5.69 Å². The SMILES string of the molecule is CCOc1ccc(NC(=O)c2ccccc2Cl)cc1S(=O)(=O)N1CCOCC1. The number of halogens is 1. The van der Waals surface area contributed by atoms with Crippen molar-refractivity contribution in [1.82, 2.24) is 4.31 Å². The third-order valence-corrected chi connectivity index (χ3v) is 6.46. The Morgan fingerprint density at radius 3 is 2.61 bits per heavy atom. The number of nitrogens with zero attached hydrogens (tertiary/aromatic N) is 1. The van der Waals surface area contributed by atoms with Crippen molar-refractivity contribution in [3.63, 3.8) is 0 Å². The first kappa shape index (κ1) is 20.6. The Balaban J connectivity index is 1.93. The predicted molar refractivity (Wildman–Crippen MR) is 107 cm³/mol. The van der Waals surface area contributed by atoms with E-state index in [2.05, 4.69) is 5.32 Å². The number of morpholine rings is 1. The van der Waals surface area contributed by atoms with Crippen molar-refractivity contribution in [2.45, 2.75) is 11.8 Å². The first-order valence-corrected chi connectivity index (χ1v) is 10.7. The standard InChI is InChI=1S/C19H21ClN2O5S/c1-2-27-17-8-7-14(21-19(23)15-5-3-4-6-16(15)20)13-18(17)28(24,25)22-9-11-26-12-10-22/h3-8,13H,2,9-12H2,1H3,(H,21,23). The molecule has 28 heavy (non-hydrogen) atoms. The molecule has 0 aliphatic carbocycles. The first-order chi connectivity index (χ1) is 13.4. The number of benzene rings is 2. The number of nitrogens with one attached hydrogen (secondary N) is 1. The molecule has 7 nitrogen and oxygen atoms in total. The van der Waals surface area contributed by atoms with Gasteiger partial charge < -0.3 is 14.8 Å². The highest BCUT2D eigenvalue weighted by atomic mass is 35.5. The average Bonchev–Trinajstić information content (AvgIpc) is 2.70. The Morgan fingerprint density at radius 1 is 1.21 bits per heavy atom. The largest absolute Gasteiger partial charge is 0.492 e. The summed E-state index contributed by atoms with van der Waals surface area (Å²) in [4.78, 5) is 12.5. The molecular weight excluding hydrogens is 404 g/mol. The van der Waals surface area contributed by atoms with Crippen LogP contribution in [0.15, 0.2) is 47.4 Å². The molecule has 0 unspecified atom stereocenters. The van der Waals surface area contributed by atoms with Crippen LogP contribution < -0.4 is 10.1 Å². The Labute approximate surface area is 169 Å². The molecular formula is C19H21ClN2O5S. The van der Waals surface area contributed by atoms with Crippen LogP contribution in [0.1, 0.15) is 17.3 Å². The molecule has 1 amide bonds. The molecule has 0 bridgehead atoms. The third kappa shape index (κ3) is 4.47. The fourth-order valence-corrected chi connectivity index (χ4v) is 4.62. The summed E-state index contributed by atoms with van der Waals surface area (Å²) in [5.74, 6) is -0.186. The summed E-state index contributed by atoms with van der Waals surface area (Å²) in [6.07, 6.45) is 0. The van der Waals surface area contributed by atoms with Crippen molar-refractivity contribution in [1.29, 1.82) is 0 Å². The highest BCUT2D eigenvalue weighted by Crippen LogP contribution is 2.31. The first-order valence-electron chi connectivity index (χ1n) is 8.84. The molecule has 3 rings (SSSR count). The number of amides is 1. The van der Waals surface area contributed by atoms with E-state index in [1.807, 2.05) is 0 Å². The summed E-state index contributed by atoms with van der Waals surface area (Å²) < 4.78 is 38.3. The molecule has 0 spiro atoms. The summed E-state index contributed by atoms with van der Waals surface area (Å²) in [5.41, 5.74) is 0.635. The summed E-state index contributed by atoms with van der Waals surface area (Å²) >= 11 is 6.06. The lowest BCUT2D eigenvalue weighted by Crippen LogP contribution is -2.40. The zero-order chi connectivity index (χ0) is 20.1. The lowest BCUT2D eigenvalue weighted by molar-refractivity contribution is 0.0729. The second-order valence-electron chi connectivity index (χ2n) is 6.04. The van der Waals surface area contributed by atoms with Gasteiger partial charge in [-0.25, -0.2) is 8.42 Å². The van der Waals surface area contributed by atoms with E-state index in [4.69, 9.17) is 21.1 Å². The number of hydrogen-bond donors (Lipinski definition) is 1. The fraction of sp³-hybridized carbons (Fsp3) is 0.316. The number of hydrogen-bond acceptors (Lipinski definition) is 5. The lowest BCUT2D eigenvalue weighted by Gasteiger charge is -2.27. The smallest absolute Gasteiger partial charge is 0.257 e. The number of ether oxygens (including phenoxy) is 2.